The maximum absolute atomic E-state index is 12.8. The van der Waals surface area contributed by atoms with Crippen molar-refractivity contribution in [2.24, 2.45) is 0 Å². The maximum atomic E-state index is 12.8. The lowest BCUT2D eigenvalue weighted by atomic mass is 10.2. The van der Waals surface area contributed by atoms with E-state index >= 15 is 0 Å². The lowest BCUT2D eigenvalue weighted by molar-refractivity contribution is -0.125. The highest BCUT2D eigenvalue weighted by Crippen LogP contribution is 2.19. The fourth-order valence-corrected chi connectivity index (χ4v) is 4.20. The Balaban J connectivity index is 1.59. The lowest BCUT2D eigenvalue weighted by Crippen LogP contribution is -2.49. The minimum absolute atomic E-state index is 0.0989. The molecule has 1 aliphatic rings. The Bertz CT molecular complexity index is 962. The van der Waals surface area contributed by atoms with Crippen LogP contribution in [-0.4, -0.2) is 62.7 Å². The molecule has 0 radical (unpaired) electrons. The number of hydrogen-bond acceptors (Lipinski definition) is 5. The first-order valence-electron chi connectivity index (χ1n) is 9.24. The van der Waals surface area contributed by atoms with Gasteiger partial charge in [0.2, 0.25) is 21.8 Å². The second-order valence-corrected chi connectivity index (χ2v) is 8.92. The number of hydrogen-bond donors (Lipinski definition) is 2. The minimum Gasteiger partial charge on any atom is -0.354 e. The fraction of sp³-hybridized carbons (Fsp3) is 0.300. The molecule has 2 amide bonds. The van der Waals surface area contributed by atoms with Crippen LogP contribution in [0.3, 0.4) is 0 Å². The van der Waals surface area contributed by atoms with Gasteiger partial charge in [-0.05, 0) is 29.8 Å². The molecule has 3 rings (SSSR count). The van der Waals surface area contributed by atoms with Crippen molar-refractivity contribution < 1.29 is 18.0 Å². The summed E-state index contributed by atoms with van der Waals surface area (Å²) in [5, 5.41) is 5.44. The summed E-state index contributed by atoms with van der Waals surface area (Å²) in [5.74, 6) is -0.352. The standard InChI is InChI=1S/C20H24N4O4S/c1-23(13-16-5-3-2-4-6-16)29(27,28)18-9-7-17(8-10-18)22-20(26)15-24-12-11-21-19(25)14-24/h2-10H,11-15H2,1H3,(H,21,25)(H,22,26). The third-order valence-electron chi connectivity index (χ3n) is 4.58. The Hall–Kier alpha value is -2.75. The molecule has 9 heteroatoms. The van der Waals surface area contributed by atoms with E-state index in [0.29, 0.717) is 18.8 Å². The van der Waals surface area contributed by atoms with Crippen LogP contribution < -0.4 is 10.6 Å². The van der Waals surface area contributed by atoms with Gasteiger partial charge >= 0.3 is 0 Å². The van der Waals surface area contributed by atoms with E-state index in [-0.39, 0.29) is 36.3 Å². The number of carbonyl (C=O) groups excluding carboxylic acids is 2. The Kier molecular flexibility index (Phi) is 6.63. The van der Waals surface area contributed by atoms with Crippen molar-refractivity contribution in [1.29, 1.82) is 0 Å². The van der Waals surface area contributed by atoms with E-state index < -0.39 is 10.0 Å². The first-order chi connectivity index (χ1) is 13.8. The number of amides is 2. The summed E-state index contributed by atoms with van der Waals surface area (Å²) < 4.78 is 26.8. The van der Waals surface area contributed by atoms with E-state index in [1.165, 1.54) is 23.5 Å². The zero-order valence-corrected chi connectivity index (χ0v) is 17.0. The molecule has 1 fully saturated rings. The van der Waals surface area contributed by atoms with Gasteiger partial charge in [0.1, 0.15) is 0 Å². The average molecular weight is 417 g/mol. The van der Waals surface area contributed by atoms with E-state index in [1.807, 2.05) is 30.3 Å². The SMILES string of the molecule is CN(Cc1ccccc1)S(=O)(=O)c1ccc(NC(=O)CN2CCNC(=O)C2)cc1. The molecular weight excluding hydrogens is 392 g/mol. The Labute approximate surface area is 170 Å². The molecule has 0 atom stereocenters. The van der Waals surface area contributed by atoms with Gasteiger partial charge in [-0.3, -0.25) is 14.5 Å². The molecule has 0 spiro atoms. The van der Waals surface area contributed by atoms with Gasteiger partial charge in [-0.15, -0.1) is 0 Å². The highest BCUT2D eigenvalue weighted by molar-refractivity contribution is 7.89. The molecule has 2 aromatic carbocycles. The van der Waals surface area contributed by atoms with Gasteiger partial charge in [-0.1, -0.05) is 30.3 Å². The van der Waals surface area contributed by atoms with Crippen molar-refractivity contribution in [2.45, 2.75) is 11.4 Å². The first kappa shape index (κ1) is 21.0. The van der Waals surface area contributed by atoms with Crippen molar-refractivity contribution in [1.82, 2.24) is 14.5 Å². The molecule has 1 aliphatic heterocycles. The molecule has 2 N–H and O–H groups in total. The zero-order chi connectivity index (χ0) is 20.9. The van der Waals surface area contributed by atoms with Crippen molar-refractivity contribution in [3.8, 4) is 0 Å². The van der Waals surface area contributed by atoms with Crippen molar-refractivity contribution in [3.05, 3.63) is 60.2 Å². The minimum atomic E-state index is -3.64. The van der Waals surface area contributed by atoms with Gasteiger partial charge in [0.15, 0.2) is 0 Å². The van der Waals surface area contributed by atoms with Gasteiger partial charge in [0.25, 0.3) is 0 Å². The van der Waals surface area contributed by atoms with E-state index in [4.69, 9.17) is 0 Å². The monoisotopic (exact) mass is 416 g/mol. The van der Waals surface area contributed by atoms with Crippen molar-refractivity contribution in [3.63, 3.8) is 0 Å². The molecule has 0 unspecified atom stereocenters. The molecule has 0 aromatic heterocycles. The second kappa shape index (κ2) is 9.17. The largest absolute Gasteiger partial charge is 0.354 e. The van der Waals surface area contributed by atoms with E-state index in [9.17, 15) is 18.0 Å². The number of anilines is 1. The summed E-state index contributed by atoms with van der Waals surface area (Å²) in [6.07, 6.45) is 0. The highest BCUT2D eigenvalue weighted by atomic mass is 32.2. The number of rotatable bonds is 7. The second-order valence-electron chi connectivity index (χ2n) is 6.88. The molecule has 1 saturated heterocycles. The van der Waals surface area contributed by atoms with Gasteiger partial charge in [-0.2, -0.15) is 4.31 Å². The molecule has 0 aliphatic carbocycles. The van der Waals surface area contributed by atoms with E-state index in [2.05, 4.69) is 10.6 Å². The quantitative estimate of drug-likeness (QED) is 0.698. The predicted octanol–water partition coefficient (Wildman–Crippen LogP) is 0.878. The molecule has 8 nitrogen and oxygen atoms in total. The van der Waals surface area contributed by atoms with E-state index in [0.717, 1.165) is 5.56 Å². The molecule has 154 valence electrons. The van der Waals surface area contributed by atoms with Gasteiger partial charge in [0, 0.05) is 32.4 Å². The van der Waals surface area contributed by atoms with Crippen LogP contribution in [0.4, 0.5) is 5.69 Å². The number of benzene rings is 2. The van der Waals surface area contributed by atoms with Crippen molar-refractivity contribution >= 4 is 27.5 Å². The predicted molar refractivity (Wildman–Crippen MR) is 110 cm³/mol. The lowest BCUT2D eigenvalue weighted by Gasteiger charge is -2.25. The van der Waals surface area contributed by atoms with Crippen LogP contribution in [0.25, 0.3) is 0 Å². The van der Waals surface area contributed by atoms with Crippen LogP contribution >= 0.6 is 0 Å². The molecule has 1 heterocycles. The Morgan fingerprint density at radius 2 is 1.83 bits per heavy atom. The maximum Gasteiger partial charge on any atom is 0.243 e. The third kappa shape index (κ3) is 5.63. The van der Waals surface area contributed by atoms with Crippen LogP contribution in [0.5, 0.6) is 0 Å². The highest BCUT2D eigenvalue weighted by Gasteiger charge is 2.21. The average Bonchev–Trinajstić information content (AvgIpc) is 2.69. The Morgan fingerprint density at radius 1 is 1.14 bits per heavy atom. The number of sulfonamides is 1. The third-order valence-corrected chi connectivity index (χ3v) is 6.40. The zero-order valence-electron chi connectivity index (χ0n) is 16.2. The summed E-state index contributed by atoms with van der Waals surface area (Å²) >= 11 is 0. The van der Waals surface area contributed by atoms with Gasteiger partial charge in [0.05, 0.1) is 18.0 Å². The number of carbonyl (C=O) groups is 2. The van der Waals surface area contributed by atoms with Gasteiger partial charge < -0.3 is 10.6 Å². The van der Waals surface area contributed by atoms with Crippen LogP contribution in [0, 0.1) is 0 Å². The molecule has 2 aromatic rings. The topological polar surface area (TPSA) is 98.8 Å². The number of nitrogens with zero attached hydrogens (tertiary/aromatic N) is 2. The molecule has 0 bridgehead atoms. The summed E-state index contributed by atoms with van der Waals surface area (Å²) in [5.41, 5.74) is 1.40. The summed E-state index contributed by atoms with van der Waals surface area (Å²) in [4.78, 5) is 25.4. The number of nitrogens with one attached hydrogen (secondary N) is 2. The van der Waals surface area contributed by atoms with E-state index in [1.54, 1.807) is 17.0 Å². The van der Waals surface area contributed by atoms with Crippen molar-refractivity contribution in [2.75, 3.05) is 38.5 Å². The summed E-state index contributed by atoms with van der Waals surface area (Å²) in [6.45, 7) is 1.70. The smallest absolute Gasteiger partial charge is 0.243 e. The molecular formula is C20H24N4O4S. The first-order valence-corrected chi connectivity index (χ1v) is 10.7. The van der Waals surface area contributed by atoms with Crippen LogP contribution in [0.15, 0.2) is 59.5 Å². The van der Waals surface area contributed by atoms with Crippen LogP contribution in [0.2, 0.25) is 0 Å². The van der Waals surface area contributed by atoms with Gasteiger partial charge in [-0.25, -0.2) is 8.42 Å². The summed E-state index contributed by atoms with van der Waals surface area (Å²) in [7, 11) is -2.11. The molecule has 0 saturated carbocycles. The Morgan fingerprint density at radius 3 is 2.48 bits per heavy atom. The normalized spacial score (nSPS) is 15.2. The van der Waals surface area contributed by atoms with Crippen LogP contribution in [-0.2, 0) is 26.2 Å². The summed E-state index contributed by atoms with van der Waals surface area (Å²) in [6, 6.07) is 15.4. The molecule has 29 heavy (non-hydrogen) atoms. The van der Waals surface area contributed by atoms with Crippen LogP contribution in [0.1, 0.15) is 5.56 Å². The fourth-order valence-electron chi connectivity index (χ4n) is 3.05. The number of piperazine rings is 1.